The molecule has 0 radical (unpaired) electrons. The molecule has 0 spiro atoms. The summed E-state index contributed by atoms with van der Waals surface area (Å²) in [6.45, 7) is 0.430. The van der Waals surface area contributed by atoms with Crippen LogP contribution in [0.15, 0.2) is 54.6 Å². The van der Waals surface area contributed by atoms with E-state index in [0.717, 1.165) is 12.0 Å². The van der Waals surface area contributed by atoms with E-state index in [1.54, 1.807) is 14.2 Å². The zero-order valence-corrected chi connectivity index (χ0v) is 16.7. The molecule has 150 valence electrons. The third kappa shape index (κ3) is 4.10. The van der Waals surface area contributed by atoms with Crippen molar-refractivity contribution in [1.82, 2.24) is 0 Å². The third-order valence-electron chi connectivity index (χ3n) is 5.39. The molecule has 6 heteroatoms. The molecule has 28 heavy (non-hydrogen) atoms. The van der Waals surface area contributed by atoms with Gasteiger partial charge in [0.25, 0.3) is 0 Å². The molecule has 0 aromatic heterocycles. The van der Waals surface area contributed by atoms with Crippen molar-refractivity contribution in [2.45, 2.75) is 43.2 Å². The van der Waals surface area contributed by atoms with E-state index < -0.39 is 6.29 Å². The minimum absolute atomic E-state index is 0.141. The van der Waals surface area contributed by atoms with E-state index >= 15 is 0 Å². The zero-order chi connectivity index (χ0) is 19.5. The van der Waals surface area contributed by atoms with Crippen LogP contribution in [0.2, 0.25) is 5.02 Å². The fourth-order valence-electron chi connectivity index (χ4n) is 4.01. The first kappa shape index (κ1) is 19.8. The van der Waals surface area contributed by atoms with Crippen LogP contribution in [0.1, 0.15) is 17.4 Å². The van der Waals surface area contributed by atoms with Crippen molar-refractivity contribution < 1.29 is 23.7 Å². The average molecular weight is 405 g/mol. The van der Waals surface area contributed by atoms with Crippen molar-refractivity contribution in [3.05, 3.63) is 70.7 Å². The van der Waals surface area contributed by atoms with Crippen LogP contribution in [0.5, 0.6) is 0 Å². The van der Waals surface area contributed by atoms with Crippen LogP contribution in [0.25, 0.3) is 0 Å². The van der Waals surface area contributed by atoms with Crippen LogP contribution in [-0.2, 0) is 30.1 Å². The summed E-state index contributed by atoms with van der Waals surface area (Å²) in [5.41, 5.74) is 2.11. The maximum absolute atomic E-state index is 6.36. The van der Waals surface area contributed by atoms with E-state index in [1.165, 1.54) is 5.56 Å². The fraction of sp³-hybridized carbons (Fsp3) is 0.455. The lowest BCUT2D eigenvalue weighted by molar-refractivity contribution is -0.333. The Morgan fingerprint density at radius 3 is 2.32 bits per heavy atom. The number of hydrogen-bond acceptors (Lipinski definition) is 5. The van der Waals surface area contributed by atoms with Crippen molar-refractivity contribution in [2.24, 2.45) is 0 Å². The van der Waals surface area contributed by atoms with E-state index in [9.17, 15) is 0 Å². The lowest BCUT2D eigenvalue weighted by atomic mass is 9.90. The Kier molecular flexibility index (Phi) is 6.31. The number of methoxy groups -OCH3 is 2. The van der Waals surface area contributed by atoms with Crippen LogP contribution in [-0.4, -0.2) is 51.3 Å². The normalized spacial score (nSPS) is 32.7. The van der Waals surface area contributed by atoms with Crippen molar-refractivity contribution >= 4 is 11.6 Å². The van der Waals surface area contributed by atoms with Gasteiger partial charge in [0.05, 0.1) is 12.7 Å². The monoisotopic (exact) mass is 404 g/mol. The van der Waals surface area contributed by atoms with Gasteiger partial charge in [-0.05, 0) is 17.7 Å². The van der Waals surface area contributed by atoms with Gasteiger partial charge in [0, 0.05) is 31.2 Å². The van der Waals surface area contributed by atoms with Crippen LogP contribution >= 0.6 is 11.6 Å². The number of ether oxygens (including phenoxy) is 5. The molecule has 2 fully saturated rings. The van der Waals surface area contributed by atoms with Gasteiger partial charge in [-0.1, -0.05) is 54.1 Å². The summed E-state index contributed by atoms with van der Waals surface area (Å²) in [7, 11) is 3.38. The molecule has 0 bridgehead atoms. The highest BCUT2D eigenvalue weighted by molar-refractivity contribution is 6.30. The van der Waals surface area contributed by atoms with Gasteiger partial charge in [-0.15, -0.1) is 0 Å². The minimum atomic E-state index is -0.483. The van der Waals surface area contributed by atoms with E-state index in [0.29, 0.717) is 11.6 Å². The Balaban J connectivity index is 1.52. The molecule has 2 aliphatic rings. The molecule has 2 saturated heterocycles. The maximum atomic E-state index is 6.36. The van der Waals surface area contributed by atoms with Crippen molar-refractivity contribution in [1.29, 1.82) is 0 Å². The highest BCUT2D eigenvalue weighted by atomic mass is 35.5. The summed E-state index contributed by atoms with van der Waals surface area (Å²) in [6.07, 6.45) is -0.874. The Bertz CT molecular complexity index is 753. The summed E-state index contributed by atoms with van der Waals surface area (Å²) in [5.74, 6) is 0. The average Bonchev–Trinajstić information content (AvgIpc) is 2.73. The number of rotatable bonds is 5. The standard InChI is InChI=1S/C22H25ClO5/c1-24-19-17(12-14-6-4-3-5-7-14)27-18-13-26-22(28-20(18)21(19)25-2)15-8-10-16(23)11-9-15/h3-11,17-22H,12-13H2,1-2H3. The summed E-state index contributed by atoms with van der Waals surface area (Å²) >= 11 is 5.99. The molecule has 0 amide bonds. The highest BCUT2D eigenvalue weighted by Crippen LogP contribution is 2.37. The Morgan fingerprint density at radius 1 is 0.929 bits per heavy atom. The summed E-state index contributed by atoms with van der Waals surface area (Å²) in [4.78, 5) is 0. The number of halogens is 1. The Hall–Kier alpha value is -1.47. The molecule has 2 aromatic carbocycles. The first-order valence-corrected chi connectivity index (χ1v) is 9.85. The molecule has 6 unspecified atom stereocenters. The molecule has 6 atom stereocenters. The second-order valence-corrected chi connectivity index (χ2v) is 7.56. The van der Waals surface area contributed by atoms with Crippen LogP contribution in [0.3, 0.4) is 0 Å². The first-order valence-electron chi connectivity index (χ1n) is 9.47. The van der Waals surface area contributed by atoms with Crippen LogP contribution < -0.4 is 0 Å². The van der Waals surface area contributed by atoms with E-state index in [4.69, 9.17) is 35.3 Å². The highest BCUT2D eigenvalue weighted by Gasteiger charge is 2.50. The number of hydrogen-bond donors (Lipinski definition) is 0. The molecule has 4 rings (SSSR count). The van der Waals surface area contributed by atoms with Crippen molar-refractivity contribution in [2.75, 3.05) is 20.8 Å². The van der Waals surface area contributed by atoms with Crippen molar-refractivity contribution in [3.8, 4) is 0 Å². The van der Waals surface area contributed by atoms with Crippen molar-refractivity contribution in [3.63, 3.8) is 0 Å². The second-order valence-electron chi connectivity index (χ2n) is 7.12. The fourth-order valence-corrected chi connectivity index (χ4v) is 4.14. The summed E-state index contributed by atoms with van der Waals surface area (Å²) in [5, 5.41) is 0.677. The predicted molar refractivity (Wildman–Crippen MR) is 105 cm³/mol. The molecule has 2 heterocycles. The van der Waals surface area contributed by atoms with Crippen LogP contribution in [0.4, 0.5) is 0 Å². The van der Waals surface area contributed by atoms with E-state index in [-0.39, 0.29) is 30.5 Å². The van der Waals surface area contributed by atoms with Crippen LogP contribution in [0, 0.1) is 0 Å². The lowest BCUT2D eigenvalue weighted by Crippen LogP contribution is -2.63. The summed E-state index contributed by atoms with van der Waals surface area (Å²) in [6, 6.07) is 17.7. The molecule has 0 N–H and O–H groups in total. The second kappa shape index (κ2) is 8.91. The van der Waals surface area contributed by atoms with Gasteiger partial charge >= 0.3 is 0 Å². The topological polar surface area (TPSA) is 46.2 Å². The van der Waals surface area contributed by atoms with Gasteiger partial charge in [0.15, 0.2) is 6.29 Å². The van der Waals surface area contributed by atoms with E-state index in [1.807, 2.05) is 42.5 Å². The maximum Gasteiger partial charge on any atom is 0.184 e. The molecular formula is C22H25ClO5. The van der Waals surface area contributed by atoms with Gasteiger partial charge in [-0.25, -0.2) is 0 Å². The molecule has 5 nitrogen and oxygen atoms in total. The predicted octanol–water partition coefficient (Wildman–Crippen LogP) is 3.79. The van der Waals surface area contributed by atoms with Gasteiger partial charge in [0.2, 0.25) is 0 Å². The molecule has 0 aliphatic carbocycles. The van der Waals surface area contributed by atoms with Gasteiger partial charge in [0.1, 0.15) is 24.4 Å². The number of benzene rings is 2. The smallest absolute Gasteiger partial charge is 0.184 e. The molecule has 0 saturated carbocycles. The Labute approximate surface area is 170 Å². The molecule has 2 aromatic rings. The largest absolute Gasteiger partial charge is 0.376 e. The summed E-state index contributed by atoms with van der Waals surface area (Å²) < 4.78 is 30.2. The molecular weight excluding hydrogens is 380 g/mol. The Morgan fingerprint density at radius 2 is 1.64 bits per heavy atom. The lowest BCUT2D eigenvalue weighted by Gasteiger charge is -2.48. The minimum Gasteiger partial charge on any atom is -0.376 e. The van der Waals surface area contributed by atoms with Gasteiger partial charge in [-0.3, -0.25) is 0 Å². The van der Waals surface area contributed by atoms with Gasteiger partial charge in [-0.2, -0.15) is 0 Å². The van der Waals surface area contributed by atoms with Gasteiger partial charge < -0.3 is 23.7 Å². The zero-order valence-electron chi connectivity index (χ0n) is 16.0. The number of fused-ring (bicyclic) bond motifs is 1. The van der Waals surface area contributed by atoms with E-state index in [2.05, 4.69) is 12.1 Å². The quantitative estimate of drug-likeness (QED) is 0.758. The third-order valence-corrected chi connectivity index (χ3v) is 5.64. The SMILES string of the molecule is COC1C(Cc2ccccc2)OC2COC(c3ccc(Cl)cc3)OC2C1OC. The molecule has 2 aliphatic heterocycles. The first-order chi connectivity index (χ1) is 13.7.